The highest BCUT2D eigenvalue weighted by molar-refractivity contribution is 9.10. The van der Waals surface area contributed by atoms with Crippen molar-refractivity contribution < 1.29 is 0 Å². The van der Waals surface area contributed by atoms with Crippen LogP contribution in [0.1, 0.15) is 22.6 Å². The zero-order valence-corrected chi connectivity index (χ0v) is 14.4. The molecule has 0 spiro atoms. The SMILES string of the molecule is Cc1nc2c(c(=O)[nH]1)CCN(Cc1c[nH]c3cc(Br)ccc13)C2. The molecule has 6 heteroatoms. The summed E-state index contributed by atoms with van der Waals surface area (Å²) in [5.41, 5.74) is 4.19. The van der Waals surface area contributed by atoms with Crippen LogP contribution in [0.4, 0.5) is 0 Å². The Morgan fingerprint density at radius 1 is 1.39 bits per heavy atom. The lowest BCUT2D eigenvalue weighted by Crippen LogP contribution is -2.35. The number of aryl methyl sites for hydroxylation is 1. The third-order valence-electron chi connectivity index (χ3n) is 4.39. The summed E-state index contributed by atoms with van der Waals surface area (Å²) < 4.78 is 1.07. The summed E-state index contributed by atoms with van der Waals surface area (Å²) >= 11 is 3.50. The summed E-state index contributed by atoms with van der Waals surface area (Å²) in [4.78, 5) is 25.0. The number of hydrogen-bond donors (Lipinski definition) is 2. The van der Waals surface area contributed by atoms with Gasteiger partial charge in [0, 0.05) is 46.8 Å². The van der Waals surface area contributed by atoms with E-state index in [4.69, 9.17) is 0 Å². The molecule has 0 amide bonds. The number of rotatable bonds is 2. The van der Waals surface area contributed by atoms with E-state index in [0.717, 1.165) is 47.3 Å². The second kappa shape index (κ2) is 5.62. The molecule has 0 saturated heterocycles. The summed E-state index contributed by atoms with van der Waals surface area (Å²) in [7, 11) is 0. The Morgan fingerprint density at radius 3 is 3.13 bits per heavy atom. The van der Waals surface area contributed by atoms with Crippen LogP contribution in [-0.2, 0) is 19.5 Å². The van der Waals surface area contributed by atoms with Gasteiger partial charge in [-0.3, -0.25) is 9.69 Å². The van der Waals surface area contributed by atoms with Crippen LogP contribution >= 0.6 is 15.9 Å². The van der Waals surface area contributed by atoms with Gasteiger partial charge in [-0.05, 0) is 31.0 Å². The Hall–Kier alpha value is -1.92. The van der Waals surface area contributed by atoms with Crippen LogP contribution in [0.2, 0.25) is 0 Å². The first-order chi connectivity index (χ1) is 11.1. The molecule has 0 fully saturated rings. The molecular formula is C17H17BrN4O. The number of aromatic amines is 2. The van der Waals surface area contributed by atoms with Crippen molar-refractivity contribution >= 4 is 26.8 Å². The summed E-state index contributed by atoms with van der Waals surface area (Å²) in [6.07, 6.45) is 2.83. The van der Waals surface area contributed by atoms with E-state index in [2.05, 4.69) is 60.2 Å². The molecule has 1 aliphatic rings. The Bertz CT molecular complexity index is 943. The van der Waals surface area contributed by atoms with Crippen molar-refractivity contribution in [3.05, 3.63) is 61.9 Å². The minimum atomic E-state index is 0.0177. The number of nitrogens with zero attached hydrogens (tertiary/aromatic N) is 2. The zero-order valence-electron chi connectivity index (χ0n) is 12.8. The Kier molecular flexibility index (Phi) is 3.58. The van der Waals surface area contributed by atoms with Crippen molar-refractivity contribution in [2.24, 2.45) is 0 Å². The van der Waals surface area contributed by atoms with Gasteiger partial charge in [-0.2, -0.15) is 0 Å². The third kappa shape index (κ3) is 2.72. The molecule has 4 rings (SSSR count). The van der Waals surface area contributed by atoms with Crippen molar-refractivity contribution in [3.63, 3.8) is 0 Å². The maximum Gasteiger partial charge on any atom is 0.254 e. The van der Waals surface area contributed by atoms with Crippen LogP contribution in [-0.4, -0.2) is 26.4 Å². The molecule has 1 aliphatic heterocycles. The molecule has 2 N–H and O–H groups in total. The van der Waals surface area contributed by atoms with E-state index in [1.807, 2.05) is 6.92 Å². The fraction of sp³-hybridized carbons (Fsp3) is 0.294. The molecule has 5 nitrogen and oxygen atoms in total. The fourth-order valence-corrected chi connectivity index (χ4v) is 3.64. The van der Waals surface area contributed by atoms with Gasteiger partial charge in [-0.1, -0.05) is 22.0 Å². The zero-order chi connectivity index (χ0) is 16.0. The van der Waals surface area contributed by atoms with E-state index >= 15 is 0 Å². The van der Waals surface area contributed by atoms with Gasteiger partial charge in [-0.15, -0.1) is 0 Å². The minimum Gasteiger partial charge on any atom is -0.361 e. The Balaban J connectivity index is 1.61. The molecule has 3 heterocycles. The van der Waals surface area contributed by atoms with E-state index in [-0.39, 0.29) is 5.56 Å². The van der Waals surface area contributed by atoms with Crippen LogP contribution in [0.5, 0.6) is 0 Å². The average Bonchev–Trinajstić information content (AvgIpc) is 2.88. The van der Waals surface area contributed by atoms with Crippen molar-refractivity contribution in [2.45, 2.75) is 26.4 Å². The highest BCUT2D eigenvalue weighted by atomic mass is 79.9. The van der Waals surface area contributed by atoms with Crippen LogP contribution in [0.25, 0.3) is 10.9 Å². The van der Waals surface area contributed by atoms with E-state index in [1.165, 1.54) is 10.9 Å². The summed E-state index contributed by atoms with van der Waals surface area (Å²) in [6.45, 7) is 4.29. The number of H-pyrrole nitrogens is 2. The number of aromatic nitrogens is 3. The molecule has 0 saturated carbocycles. The molecule has 23 heavy (non-hydrogen) atoms. The highest BCUT2D eigenvalue weighted by Gasteiger charge is 2.21. The van der Waals surface area contributed by atoms with Crippen molar-refractivity contribution in [1.29, 1.82) is 0 Å². The lowest BCUT2D eigenvalue weighted by molar-refractivity contribution is 0.241. The summed E-state index contributed by atoms with van der Waals surface area (Å²) in [5, 5.41) is 1.24. The van der Waals surface area contributed by atoms with Gasteiger partial charge in [0.05, 0.1) is 5.69 Å². The van der Waals surface area contributed by atoms with Crippen molar-refractivity contribution in [1.82, 2.24) is 19.9 Å². The van der Waals surface area contributed by atoms with E-state index in [9.17, 15) is 4.79 Å². The predicted octanol–water partition coefficient (Wildman–Crippen LogP) is 2.88. The predicted molar refractivity (Wildman–Crippen MR) is 93.4 cm³/mol. The largest absolute Gasteiger partial charge is 0.361 e. The van der Waals surface area contributed by atoms with Gasteiger partial charge in [-0.25, -0.2) is 4.98 Å². The topological polar surface area (TPSA) is 64.8 Å². The Morgan fingerprint density at radius 2 is 2.26 bits per heavy atom. The molecule has 0 bridgehead atoms. The first kappa shape index (κ1) is 14.7. The number of nitrogens with one attached hydrogen (secondary N) is 2. The normalized spacial score (nSPS) is 15.0. The van der Waals surface area contributed by atoms with Crippen LogP contribution in [0.15, 0.2) is 33.7 Å². The van der Waals surface area contributed by atoms with Gasteiger partial charge < -0.3 is 9.97 Å². The lowest BCUT2D eigenvalue weighted by atomic mass is 10.1. The van der Waals surface area contributed by atoms with Gasteiger partial charge in [0.15, 0.2) is 0 Å². The van der Waals surface area contributed by atoms with Crippen LogP contribution < -0.4 is 5.56 Å². The standard InChI is InChI=1S/C17H17BrN4O/c1-10-20-16-9-22(5-4-14(16)17(23)21-10)8-11-7-19-15-6-12(18)2-3-13(11)15/h2-3,6-7,19H,4-5,8-9H2,1H3,(H,20,21,23). The summed E-state index contributed by atoms with van der Waals surface area (Å²) in [6, 6.07) is 6.29. The Labute approximate surface area is 141 Å². The molecule has 1 aromatic carbocycles. The highest BCUT2D eigenvalue weighted by Crippen LogP contribution is 2.25. The second-order valence-corrected chi connectivity index (χ2v) is 6.96. The molecule has 0 aliphatic carbocycles. The molecular weight excluding hydrogens is 356 g/mol. The molecule has 0 atom stereocenters. The maximum absolute atomic E-state index is 12.0. The van der Waals surface area contributed by atoms with Crippen molar-refractivity contribution in [2.75, 3.05) is 6.54 Å². The van der Waals surface area contributed by atoms with Crippen molar-refractivity contribution in [3.8, 4) is 0 Å². The smallest absolute Gasteiger partial charge is 0.254 e. The van der Waals surface area contributed by atoms with Crippen LogP contribution in [0.3, 0.4) is 0 Å². The van der Waals surface area contributed by atoms with Gasteiger partial charge in [0.1, 0.15) is 5.82 Å². The first-order valence-electron chi connectivity index (χ1n) is 7.67. The van der Waals surface area contributed by atoms with E-state index in [1.54, 1.807) is 0 Å². The second-order valence-electron chi connectivity index (χ2n) is 6.04. The average molecular weight is 373 g/mol. The fourth-order valence-electron chi connectivity index (χ4n) is 3.28. The molecule has 2 aromatic heterocycles. The van der Waals surface area contributed by atoms with E-state index < -0.39 is 0 Å². The van der Waals surface area contributed by atoms with Gasteiger partial charge in [0.25, 0.3) is 5.56 Å². The molecule has 3 aromatic rings. The first-order valence-corrected chi connectivity index (χ1v) is 8.46. The quantitative estimate of drug-likeness (QED) is 0.726. The maximum atomic E-state index is 12.0. The van der Waals surface area contributed by atoms with E-state index in [0.29, 0.717) is 5.82 Å². The number of hydrogen-bond acceptors (Lipinski definition) is 3. The van der Waals surface area contributed by atoms with Gasteiger partial charge in [0.2, 0.25) is 0 Å². The number of halogens is 1. The lowest BCUT2D eigenvalue weighted by Gasteiger charge is -2.27. The molecule has 118 valence electrons. The summed E-state index contributed by atoms with van der Waals surface area (Å²) in [5.74, 6) is 0.688. The molecule has 0 radical (unpaired) electrons. The molecule has 0 unspecified atom stereocenters. The number of benzene rings is 1. The number of fused-ring (bicyclic) bond motifs is 2. The minimum absolute atomic E-state index is 0.0177. The third-order valence-corrected chi connectivity index (χ3v) is 4.89. The van der Waals surface area contributed by atoms with Gasteiger partial charge >= 0.3 is 0 Å². The van der Waals surface area contributed by atoms with Crippen LogP contribution in [0, 0.1) is 6.92 Å². The monoisotopic (exact) mass is 372 g/mol.